The fourth-order valence-corrected chi connectivity index (χ4v) is 10.2. The summed E-state index contributed by atoms with van der Waals surface area (Å²) in [5, 5.41) is 3.02. The van der Waals surface area contributed by atoms with Crippen molar-refractivity contribution in [2.24, 2.45) is 0 Å². The predicted molar refractivity (Wildman–Crippen MR) is 330 cm³/mol. The molecule has 450 valence electrons. The first-order valence-corrected chi connectivity index (χ1v) is 34.1. The van der Waals surface area contributed by atoms with E-state index in [0.29, 0.717) is 23.9 Å². The summed E-state index contributed by atoms with van der Waals surface area (Å²) in [6, 6.07) is -0.899. The van der Waals surface area contributed by atoms with Crippen LogP contribution in [-0.4, -0.2) is 69.4 Å². The molecule has 0 saturated carbocycles. The minimum atomic E-state index is -4.70. The third kappa shape index (κ3) is 58.2. The van der Waals surface area contributed by atoms with Gasteiger partial charge in [0.05, 0.1) is 33.8 Å². The minimum Gasteiger partial charge on any atom is -0.756 e. The van der Waals surface area contributed by atoms with Gasteiger partial charge in [-0.1, -0.05) is 275 Å². The number of phosphoric ester groups is 1. The Bertz CT molecular complexity index is 1500. The molecule has 0 aromatic rings. The van der Waals surface area contributed by atoms with E-state index < -0.39 is 26.6 Å². The van der Waals surface area contributed by atoms with Gasteiger partial charge in [-0.05, 0) is 76.7 Å². The number of nitrogens with zero attached hydrogens (tertiary/aromatic N) is 1. The summed E-state index contributed by atoms with van der Waals surface area (Å²) in [5.74, 6) is -0.557. The quantitative estimate of drug-likeness (QED) is 0.0161. The number of phosphoric acid groups is 1. The molecule has 3 unspecified atom stereocenters. The number of carbonyl (C=O) groups is 2. The summed E-state index contributed by atoms with van der Waals surface area (Å²) in [6.07, 6.45) is 72.0. The van der Waals surface area contributed by atoms with E-state index in [2.05, 4.69) is 74.7 Å². The molecule has 1 amide bonds. The van der Waals surface area contributed by atoms with Crippen molar-refractivity contribution in [3.8, 4) is 0 Å². The summed E-state index contributed by atoms with van der Waals surface area (Å²) < 4.78 is 30.3. The number of hydrogen-bond acceptors (Lipinski definition) is 7. The Hall–Kier alpha value is -2.29. The number of allylic oxidation sites excluding steroid dienone is 9. The lowest BCUT2D eigenvalue weighted by Gasteiger charge is -2.30. The predicted octanol–water partition coefficient (Wildman–Crippen LogP) is 19.6. The van der Waals surface area contributed by atoms with Gasteiger partial charge in [-0.2, -0.15) is 0 Å². The molecule has 0 bridgehead atoms. The molecule has 0 rings (SSSR count). The Morgan fingerprint density at radius 3 is 1.27 bits per heavy atom. The monoisotopic (exact) mass is 1100 g/mol. The van der Waals surface area contributed by atoms with Crippen LogP contribution in [0.4, 0.5) is 0 Å². The van der Waals surface area contributed by atoms with Crippen molar-refractivity contribution in [3.05, 3.63) is 60.8 Å². The van der Waals surface area contributed by atoms with Crippen molar-refractivity contribution >= 4 is 19.7 Å². The van der Waals surface area contributed by atoms with E-state index in [4.69, 9.17) is 13.8 Å². The van der Waals surface area contributed by atoms with E-state index in [-0.39, 0.29) is 24.9 Å². The first kappa shape index (κ1) is 74.7. The number of quaternary nitrogens is 1. The Labute approximate surface area is 477 Å². The van der Waals surface area contributed by atoms with Crippen molar-refractivity contribution in [2.75, 3.05) is 40.9 Å². The van der Waals surface area contributed by atoms with Crippen LogP contribution >= 0.6 is 7.82 Å². The van der Waals surface area contributed by atoms with Crippen LogP contribution in [-0.2, 0) is 27.9 Å². The molecule has 0 spiro atoms. The molecule has 0 heterocycles. The van der Waals surface area contributed by atoms with Crippen LogP contribution in [0, 0.1) is 0 Å². The van der Waals surface area contributed by atoms with Gasteiger partial charge in [-0.25, -0.2) is 0 Å². The summed E-state index contributed by atoms with van der Waals surface area (Å²) >= 11 is 0. The molecule has 77 heavy (non-hydrogen) atoms. The number of unbranched alkanes of at least 4 members (excludes halogenated alkanes) is 37. The number of rotatable bonds is 59. The number of hydrogen-bond donors (Lipinski definition) is 1. The van der Waals surface area contributed by atoms with Crippen LogP contribution in [0.15, 0.2) is 60.8 Å². The molecule has 0 aliphatic heterocycles. The van der Waals surface area contributed by atoms with E-state index in [1.807, 2.05) is 33.3 Å². The van der Waals surface area contributed by atoms with Crippen molar-refractivity contribution in [1.29, 1.82) is 0 Å². The molecule has 0 saturated heterocycles. The maximum atomic E-state index is 13.5. The normalized spacial score (nSPS) is 14.0. The van der Waals surface area contributed by atoms with Gasteiger partial charge in [-0.15, -0.1) is 0 Å². The van der Waals surface area contributed by atoms with Crippen molar-refractivity contribution in [1.82, 2.24) is 5.32 Å². The summed E-state index contributed by atoms with van der Waals surface area (Å²) in [4.78, 5) is 40.0. The lowest BCUT2D eigenvalue weighted by atomic mass is 10.0. The van der Waals surface area contributed by atoms with Crippen LogP contribution in [0.1, 0.15) is 303 Å². The lowest BCUT2D eigenvalue weighted by Crippen LogP contribution is -2.47. The van der Waals surface area contributed by atoms with E-state index >= 15 is 0 Å². The van der Waals surface area contributed by atoms with Crippen LogP contribution in [0.3, 0.4) is 0 Å². The summed E-state index contributed by atoms with van der Waals surface area (Å²) in [6.45, 7) is 6.71. The zero-order valence-corrected chi connectivity index (χ0v) is 52.3. The van der Waals surface area contributed by atoms with E-state index in [0.717, 1.165) is 77.0 Å². The van der Waals surface area contributed by atoms with Crippen molar-refractivity contribution < 1.29 is 37.3 Å². The highest BCUT2D eigenvalue weighted by Crippen LogP contribution is 2.38. The molecule has 0 fully saturated rings. The molecule has 1 N–H and O–H groups in total. The Balaban J connectivity index is 5.09. The van der Waals surface area contributed by atoms with Crippen LogP contribution < -0.4 is 10.2 Å². The van der Waals surface area contributed by atoms with Gasteiger partial charge in [0.25, 0.3) is 7.82 Å². The Morgan fingerprint density at radius 1 is 0.468 bits per heavy atom. The summed E-state index contributed by atoms with van der Waals surface area (Å²) in [5.41, 5.74) is 0. The highest BCUT2D eigenvalue weighted by atomic mass is 31.2. The molecule has 0 aromatic heterocycles. The second-order valence-corrected chi connectivity index (χ2v) is 24.7. The lowest BCUT2D eigenvalue weighted by molar-refractivity contribution is -0.870. The SMILES string of the molecule is CC/C=C/C=C/C=C\CCCCCCCC(=O)NC(COP(=O)([O-])OCC[N+](C)(C)C)C(/C=C\CCCCCCCCCCCCC)OC(=O)CCCCCCCCCCCCCCCCC/C=C/CCCCCCCC. The first-order valence-electron chi connectivity index (χ1n) is 32.6. The van der Waals surface area contributed by atoms with Gasteiger partial charge < -0.3 is 28.5 Å². The van der Waals surface area contributed by atoms with Gasteiger partial charge in [0.15, 0.2) is 0 Å². The molecule has 0 aliphatic rings. The second-order valence-electron chi connectivity index (χ2n) is 23.3. The summed E-state index contributed by atoms with van der Waals surface area (Å²) in [7, 11) is 1.17. The molecule has 0 aliphatic carbocycles. The number of esters is 1. The molecular weight excluding hydrogens is 976 g/mol. The van der Waals surface area contributed by atoms with Gasteiger partial charge in [-0.3, -0.25) is 14.2 Å². The zero-order chi connectivity index (χ0) is 56.4. The van der Waals surface area contributed by atoms with Crippen molar-refractivity contribution in [2.45, 2.75) is 315 Å². The van der Waals surface area contributed by atoms with Gasteiger partial charge >= 0.3 is 5.97 Å². The zero-order valence-electron chi connectivity index (χ0n) is 51.4. The van der Waals surface area contributed by atoms with E-state index in [1.165, 1.54) is 186 Å². The van der Waals surface area contributed by atoms with E-state index in [1.54, 1.807) is 0 Å². The average Bonchev–Trinajstić information content (AvgIpc) is 3.39. The highest BCUT2D eigenvalue weighted by Gasteiger charge is 2.27. The standard InChI is InChI=1S/C67H125N2O7P/c1-7-10-13-16-19-22-25-28-29-30-31-32-33-34-35-36-37-38-39-42-45-48-51-54-57-60-67(71)76-65(58-55-52-49-46-43-40-26-23-20-17-14-11-8-2)64(63-75-77(72,73)74-62-61-69(4,5)6)68-66(70)59-56-53-50-47-44-41-27-24-21-18-15-12-9-3/h12,15,18,21,24,27-29,55,58,64-65H,7-11,13-14,16-17,19-20,22-23,25-26,30-54,56-57,59-63H2,1-6H3,(H-,68,70,72,73)/b15-12+,21-18+,27-24-,29-28+,58-55-. The second kappa shape index (κ2) is 57.0. The van der Waals surface area contributed by atoms with Crippen LogP contribution in [0.5, 0.6) is 0 Å². The molecule has 10 heteroatoms. The molecule has 0 aromatic carbocycles. The Kier molecular flexibility index (Phi) is 55.3. The van der Waals surface area contributed by atoms with E-state index in [9.17, 15) is 19.0 Å². The number of carbonyl (C=O) groups excluding carboxylic acids is 2. The number of nitrogens with one attached hydrogen (secondary N) is 1. The number of likely N-dealkylation sites (N-methyl/N-ethyl adjacent to an activating group) is 1. The Morgan fingerprint density at radius 2 is 0.844 bits per heavy atom. The molecule has 9 nitrogen and oxygen atoms in total. The highest BCUT2D eigenvalue weighted by molar-refractivity contribution is 7.45. The molecule has 3 atom stereocenters. The largest absolute Gasteiger partial charge is 0.756 e. The van der Waals surface area contributed by atoms with Gasteiger partial charge in [0.1, 0.15) is 19.3 Å². The maximum absolute atomic E-state index is 13.5. The van der Waals surface area contributed by atoms with Crippen LogP contribution in [0.2, 0.25) is 0 Å². The smallest absolute Gasteiger partial charge is 0.306 e. The molecular formula is C67H125N2O7P. The third-order valence-corrected chi connectivity index (χ3v) is 15.5. The molecule has 0 radical (unpaired) electrons. The van der Waals surface area contributed by atoms with Gasteiger partial charge in [0, 0.05) is 12.8 Å². The number of ether oxygens (including phenoxy) is 1. The topological polar surface area (TPSA) is 114 Å². The fraction of sp³-hybridized carbons (Fsp3) is 0.821. The van der Waals surface area contributed by atoms with Gasteiger partial charge in [0.2, 0.25) is 5.91 Å². The first-order chi connectivity index (χ1) is 37.4. The third-order valence-electron chi connectivity index (χ3n) is 14.5. The maximum Gasteiger partial charge on any atom is 0.306 e. The minimum absolute atomic E-state index is 0.0269. The fourth-order valence-electron chi connectivity index (χ4n) is 9.46. The average molecular weight is 1100 g/mol. The van der Waals surface area contributed by atoms with Crippen molar-refractivity contribution in [3.63, 3.8) is 0 Å². The van der Waals surface area contributed by atoms with Crippen LogP contribution in [0.25, 0.3) is 0 Å². The number of amides is 1.